The maximum Gasteiger partial charge on any atom is 0.254 e. The highest BCUT2D eigenvalue weighted by Crippen LogP contribution is 2.50. The summed E-state index contributed by atoms with van der Waals surface area (Å²) in [5.41, 5.74) is 5.21. The number of fused-ring (bicyclic) bond motifs is 1. The summed E-state index contributed by atoms with van der Waals surface area (Å²) in [6.07, 6.45) is 5.16. The minimum atomic E-state index is -0.593. The molecule has 1 aromatic carbocycles. The summed E-state index contributed by atoms with van der Waals surface area (Å²) in [4.78, 5) is 19.5. The number of nitrogens with zero attached hydrogens (tertiary/aromatic N) is 3. The van der Waals surface area contributed by atoms with Crippen molar-refractivity contribution >= 4 is 22.5 Å². The van der Waals surface area contributed by atoms with Crippen LogP contribution in [0.4, 0.5) is 10.1 Å². The first-order valence-corrected chi connectivity index (χ1v) is 10.7. The maximum absolute atomic E-state index is 13.2. The monoisotopic (exact) mass is 406 g/mol. The number of carbonyl (C=O) groups is 1. The minimum Gasteiger partial charge on any atom is -0.370 e. The molecule has 1 aliphatic carbocycles. The van der Waals surface area contributed by atoms with Gasteiger partial charge in [0.2, 0.25) is 0 Å². The third kappa shape index (κ3) is 3.06. The average molecular weight is 407 g/mol. The van der Waals surface area contributed by atoms with E-state index in [9.17, 15) is 9.18 Å². The molecule has 1 spiro atoms. The molecule has 3 heterocycles. The van der Waals surface area contributed by atoms with Gasteiger partial charge < -0.3 is 14.8 Å². The van der Waals surface area contributed by atoms with Crippen molar-refractivity contribution in [3.8, 4) is 0 Å². The van der Waals surface area contributed by atoms with Crippen molar-refractivity contribution in [3.05, 3.63) is 59.5 Å². The number of hydrogen-bond acceptors (Lipinski definition) is 3. The summed E-state index contributed by atoms with van der Waals surface area (Å²) in [7, 11) is 1.98. The molecular formula is C24H27FN4O. The van der Waals surface area contributed by atoms with Gasteiger partial charge in [0.25, 0.3) is 5.91 Å². The highest BCUT2D eigenvalue weighted by atomic mass is 19.1. The molecule has 2 aliphatic rings. The summed E-state index contributed by atoms with van der Waals surface area (Å²) in [6, 6.07) is 10.2. The van der Waals surface area contributed by atoms with Crippen LogP contribution in [-0.2, 0) is 20.0 Å². The molecule has 6 heteroatoms. The fraction of sp³-hybridized carbons (Fsp3) is 0.417. The Morgan fingerprint density at radius 3 is 2.63 bits per heavy atom. The first kappa shape index (κ1) is 19.1. The Balaban J connectivity index is 1.25. The van der Waals surface area contributed by atoms with E-state index in [2.05, 4.69) is 51.0 Å². The first-order chi connectivity index (χ1) is 14.5. The first-order valence-electron chi connectivity index (χ1n) is 10.7. The topological polar surface area (TPSA) is 50.2 Å². The van der Waals surface area contributed by atoms with E-state index < -0.39 is 6.17 Å². The van der Waals surface area contributed by atoms with Crippen LogP contribution in [0.1, 0.15) is 41.4 Å². The Labute approximate surface area is 175 Å². The van der Waals surface area contributed by atoms with Crippen LogP contribution in [0.3, 0.4) is 0 Å². The number of aromatic nitrogens is 2. The van der Waals surface area contributed by atoms with Gasteiger partial charge in [0, 0.05) is 55.1 Å². The molecule has 1 aliphatic heterocycles. The highest BCUT2D eigenvalue weighted by molar-refractivity contribution is 6.08. The number of carbonyl (C=O) groups excluding carboxylic acids is 1. The lowest BCUT2D eigenvalue weighted by Crippen LogP contribution is -2.63. The van der Waals surface area contributed by atoms with Crippen LogP contribution in [0, 0.1) is 5.41 Å². The van der Waals surface area contributed by atoms with Crippen LogP contribution in [0.2, 0.25) is 0 Å². The van der Waals surface area contributed by atoms with Crippen molar-refractivity contribution in [2.24, 2.45) is 12.5 Å². The second kappa shape index (κ2) is 7.11. The SMILES string of the molecule is CCc1c(C(=O)NCc2ccc(N3CC4(CC(F)C4)C3)cc2)c2ccncc2n1C. The molecule has 5 rings (SSSR count). The molecule has 0 radical (unpaired) electrons. The van der Waals surface area contributed by atoms with Gasteiger partial charge in [-0.25, -0.2) is 4.39 Å². The van der Waals surface area contributed by atoms with Gasteiger partial charge in [-0.1, -0.05) is 19.1 Å². The van der Waals surface area contributed by atoms with Crippen molar-refractivity contribution in [1.29, 1.82) is 0 Å². The number of aryl methyl sites for hydroxylation is 1. The summed E-state index contributed by atoms with van der Waals surface area (Å²) in [6.45, 7) is 4.46. The molecular weight excluding hydrogens is 379 g/mol. The van der Waals surface area contributed by atoms with E-state index in [1.165, 1.54) is 5.69 Å². The van der Waals surface area contributed by atoms with Gasteiger partial charge in [0.15, 0.2) is 0 Å². The van der Waals surface area contributed by atoms with Crippen molar-refractivity contribution in [1.82, 2.24) is 14.9 Å². The molecule has 2 fully saturated rings. The lowest BCUT2D eigenvalue weighted by molar-refractivity contribution is 0.000855. The second-order valence-corrected chi connectivity index (χ2v) is 8.84. The number of rotatable bonds is 5. The van der Waals surface area contributed by atoms with Crippen molar-refractivity contribution < 1.29 is 9.18 Å². The summed E-state index contributed by atoms with van der Waals surface area (Å²) in [5.74, 6) is -0.0526. The zero-order valence-corrected chi connectivity index (χ0v) is 17.5. The largest absolute Gasteiger partial charge is 0.370 e. The molecule has 2 aromatic heterocycles. The van der Waals surface area contributed by atoms with E-state index in [4.69, 9.17) is 0 Å². The van der Waals surface area contributed by atoms with Gasteiger partial charge in [0.1, 0.15) is 6.17 Å². The van der Waals surface area contributed by atoms with Crippen molar-refractivity contribution in [2.75, 3.05) is 18.0 Å². The lowest BCUT2D eigenvalue weighted by Gasteiger charge is -2.58. The van der Waals surface area contributed by atoms with Gasteiger partial charge in [-0.3, -0.25) is 9.78 Å². The molecule has 3 aromatic rings. The molecule has 1 saturated carbocycles. The summed E-state index contributed by atoms with van der Waals surface area (Å²) in [5, 5.41) is 4.02. The van der Waals surface area contributed by atoms with E-state index in [0.29, 0.717) is 6.54 Å². The third-order valence-corrected chi connectivity index (χ3v) is 6.80. The Morgan fingerprint density at radius 2 is 1.97 bits per heavy atom. The van der Waals surface area contributed by atoms with E-state index >= 15 is 0 Å². The smallest absolute Gasteiger partial charge is 0.254 e. The molecule has 5 nitrogen and oxygen atoms in total. The molecule has 156 valence electrons. The average Bonchev–Trinajstić information content (AvgIpc) is 3.00. The number of nitrogens with one attached hydrogen (secondary N) is 1. The van der Waals surface area contributed by atoms with Crippen LogP contribution < -0.4 is 10.2 Å². The fourth-order valence-corrected chi connectivity index (χ4v) is 5.18. The molecule has 0 bridgehead atoms. The van der Waals surface area contributed by atoms with Gasteiger partial charge in [-0.05, 0) is 43.0 Å². The highest BCUT2D eigenvalue weighted by Gasteiger charge is 2.52. The molecule has 1 amide bonds. The Bertz CT molecular complexity index is 1090. The van der Waals surface area contributed by atoms with E-state index in [1.54, 1.807) is 12.4 Å². The van der Waals surface area contributed by atoms with Crippen LogP contribution in [0.5, 0.6) is 0 Å². The van der Waals surface area contributed by atoms with Crippen LogP contribution in [0.15, 0.2) is 42.7 Å². The maximum atomic E-state index is 13.2. The van der Waals surface area contributed by atoms with Gasteiger partial charge in [-0.2, -0.15) is 0 Å². The zero-order valence-electron chi connectivity index (χ0n) is 17.5. The normalized spacial score (nSPS) is 17.8. The predicted octanol–water partition coefficient (Wildman–Crippen LogP) is 4.00. The number of hydrogen-bond donors (Lipinski definition) is 1. The van der Waals surface area contributed by atoms with E-state index in [0.717, 1.165) is 60.1 Å². The fourth-order valence-electron chi connectivity index (χ4n) is 5.18. The second-order valence-electron chi connectivity index (χ2n) is 8.84. The van der Waals surface area contributed by atoms with Crippen LogP contribution in [0.25, 0.3) is 10.9 Å². The number of benzene rings is 1. The summed E-state index contributed by atoms with van der Waals surface area (Å²) < 4.78 is 15.2. The summed E-state index contributed by atoms with van der Waals surface area (Å²) >= 11 is 0. The van der Waals surface area contributed by atoms with Gasteiger partial charge >= 0.3 is 0 Å². The van der Waals surface area contributed by atoms with Crippen molar-refractivity contribution in [3.63, 3.8) is 0 Å². The molecule has 1 saturated heterocycles. The van der Waals surface area contributed by atoms with E-state index in [1.807, 2.05) is 13.1 Å². The number of halogens is 1. The van der Waals surface area contributed by atoms with Gasteiger partial charge in [0.05, 0.1) is 17.3 Å². The Hall–Kier alpha value is -2.89. The van der Waals surface area contributed by atoms with E-state index in [-0.39, 0.29) is 11.3 Å². The van der Waals surface area contributed by atoms with Crippen molar-refractivity contribution in [2.45, 2.75) is 38.9 Å². The standard InChI is InChI=1S/C24H27FN4O/c1-3-20-22(19-8-9-26-13-21(19)28(20)2)23(30)27-12-16-4-6-18(7-5-16)29-14-24(15-29)10-17(25)11-24/h4-9,13,17H,3,10-12,14-15H2,1-2H3,(H,27,30). The third-order valence-electron chi connectivity index (χ3n) is 6.80. The number of anilines is 1. The Morgan fingerprint density at radius 1 is 1.23 bits per heavy atom. The van der Waals surface area contributed by atoms with Gasteiger partial charge in [-0.15, -0.1) is 0 Å². The predicted molar refractivity (Wildman–Crippen MR) is 116 cm³/mol. The number of alkyl halides is 1. The zero-order chi connectivity index (χ0) is 20.9. The molecule has 30 heavy (non-hydrogen) atoms. The van der Waals surface area contributed by atoms with Crippen LogP contribution >= 0.6 is 0 Å². The number of pyridine rings is 1. The number of amides is 1. The molecule has 0 atom stereocenters. The molecule has 0 unspecified atom stereocenters. The molecule has 1 N–H and O–H groups in total. The lowest BCUT2D eigenvalue weighted by atomic mass is 9.62. The van der Waals surface area contributed by atoms with Crippen LogP contribution in [-0.4, -0.2) is 34.7 Å². The Kier molecular flexibility index (Phi) is 4.53. The quantitative estimate of drug-likeness (QED) is 0.697. The minimum absolute atomic E-state index is 0.0526.